The number of hydrogen-bond acceptors (Lipinski definition) is 5. The Morgan fingerprint density at radius 2 is 2.00 bits per heavy atom. The van der Waals surface area contributed by atoms with Crippen LogP contribution in [0.4, 0.5) is 0 Å². The molecule has 1 atom stereocenters. The van der Waals surface area contributed by atoms with Crippen LogP contribution in [0.15, 0.2) is 18.2 Å². The normalized spacial score (nSPS) is 12.0. The summed E-state index contributed by atoms with van der Waals surface area (Å²) in [5, 5.41) is 27.0. The van der Waals surface area contributed by atoms with Crippen molar-refractivity contribution in [3.63, 3.8) is 0 Å². The standard InChI is InChI=1S/C11H14BNO5/c1-6(14)8-3-2-7(4-9(8)12(17)18)5-10(13)11(15)16/h2-4,10,17-18H,5,13H2,1H3,(H,15,16)/t10-/m1/s1. The molecule has 18 heavy (non-hydrogen) atoms. The van der Waals surface area contributed by atoms with Crippen LogP contribution in [0, 0.1) is 0 Å². The third-order valence-corrected chi connectivity index (χ3v) is 2.55. The van der Waals surface area contributed by atoms with Crippen LogP contribution in [-0.2, 0) is 11.2 Å². The number of benzene rings is 1. The van der Waals surface area contributed by atoms with Crippen LogP contribution in [0.25, 0.3) is 0 Å². The summed E-state index contributed by atoms with van der Waals surface area (Å²) < 4.78 is 0. The molecule has 0 bridgehead atoms. The fourth-order valence-electron chi connectivity index (χ4n) is 1.61. The monoisotopic (exact) mass is 251 g/mol. The van der Waals surface area contributed by atoms with Gasteiger partial charge in [0.05, 0.1) is 0 Å². The minimum atomic E-state index is -1.79. The Labute approximate surface area is 104 Å². The number of carboxylic acids is 1. The molecule has 0 radical (unpaired) electrons. The molecule has 0 fully saturated rings. The molecule has 5 N–H and O–H groups in total. The third-order valence-electron chi connectivity index (χ3n) is 2.55. The highest BCUT2D eigenvalue weighted by molar-refractivity contribution is 6.60. The summed E-state index contributed by atoms with van der Waals surface area (Å²) in [6.07, 6.45) is 0.0488. The van der Waals surface area contributed by atoms with Gasteiger partial charge in [0.1, 0.15) is 6.04 Å². The van der Waals surface area contributed by atoms with Gasteiger partial charge in [0, 0.05) is 5.56 Å². The van der Waals surface area contributed by atoms with Crippen molar-refractivity contribution in [2.75, 3.05) is 0 Å². The van der Waals surface area contributed by atoms with E-state index < -0.39 is 19.1 Å². The zero-order valence-electron chi connectivity index (χ0n) is 9.83. The molecule has 0 heterocycles. The maximum atomic E-state index is 11.3. The van der Waals surface area contributed by atoms with E-state index in [0.29, 0.717) is 5.56 Å². The Balaban J connectivity index is 3.07. The van der Waals surface area contributed by atoms with Crippen molar-refractivity contribution in [3.8, 4) is 0 Å². The number of carboxylic acid groups (broad SMARTS) is 1. The molecule has 0 amide bonds. The molecule has 0 spiro atoms. The van der Waals surface area contributed by atoms with Crippen LogP contribution in [0.2, 0.25) is 0 Å². The van der Waals surface area contributed by atoms with E-state index >= 15 is 0 Å². The molecule has 0 unspecified atom stereocenters. The summed E-state index contributed by atoms with van der Waals surface area (Å²) in [4.78, 5) is 21.9. The van der Waals surface area contributed by atoms with Gasteiger partial charge in [-0.15, -0.1) is 0 Å². The van der Waals surface area contributed by atoms with E-state index in [9.17, 15) is 19.6 Å². The highest BCUT2D eigenvalue weighted by Crippen LogP contribution is 2.06. The first kappa shape index (κ1) is 14.4. The smallest absolute Gasteiger partial charge is 0.480 e. The van der Waals surface area contributed by atoms with E-state index in [1.165, 1.54) is 19.1 Å². The fraction of sp³-hybridized carbons (Fsp3) is 0.273. The zero-order chi connectivity index (χ0) is 13.9. The number of ketones is 1. The van der Waals surface area contributed by atoms with Crippen molar-refractivity contribution in [2.45, 2.75) is 19.4 Å². The summed E-state index contributed by atoms with van der Waals surface area (Å²) in [6.45, 7) is 1.31. The number of hydrogen-bond donors (Lipinski definition) is 4. The number of carbonyl (C=O) groups is 2. The third kappa shape index (κ3) is 3.40. The average molecular weight is 251 g/mol. The summed E-state index contributed by atoms with van der Waals surface area (Å²) in [7, 11) is -1.79. The molecule has 0 aromatic heterocycles. The molecule has 6 nitrogen and oxygen atoms in total. The van der Waals surface area contributed by atoms with Gasteiger partial charge in [0.25, 0.3) is 0 Å². The lowest BCUT2D eigenvalue weighted by atomic mass is 9.75. The van der Waals surface area contributed by atoms with Crippen LogP contribution < -0.4 is 11.2 Å². The SMILES string of the molecule is CC(=O)c1ccc(C[C@@H](N)C(=O)O)cc1B(O)O. The summed E-state index contributed by atoms with van der Waals surface area (Å²) in [5.74, 6) is -1.44. The number of Topliss-reactive ketones (excluding diaryl/α,β-unsaturated/α-hetero) is 1. The predicted molar refractivity (Wildman–Crippen MR) is 65.6 cm³/mol. The van der Waals surface area contributed by atoms with Gasteiger partial charge in [0.15, 0.2) is 5.78 Å². The Bertz CT molecular complexity index is 475. The van der Waals surface area contributed by atoms with E-state index in [2.05, 4.69) is 0 Å². The molecular weight excluding hydrogens is 237 g/mol. The number of carbonyl (C=O) groups excluding carboxylic acids is 1. The lowest BCUT2D eigenvalue weighted by Crippen LogP contribution is -2.36. The van der Waals surface area contributed by atoms with Crippen molar-refractivity contribution in [1.82, 2.24) is 0 Å². The first-order chi connectivity index (χ1) is 8.32. The van der Waals surface area contributed by atoms with Gasteiger partial charge in [-0.1, -0.05) is 18.2 Å². The molecule has 1 aromatic carbocycles. The van der Waals surface area contributed by atoms with Gasteiger partial charge in [0.2, 0.25) is 0 Å². The molecule has 0 saturated carbocycles. The zero-order valence-corrected chi connectivity index (χ0v) is 9.83. The first-order valence-corrected chi connectivity index (χ1v) is 5.31. The fourth-order valence-corrected chi connectivity index (χ4v) is 1.61. The van der Waals surface area contributed by atoms with Crippen LogP contribution >= 0.6 is 0 Å². The van der Waals surface area contributed by atoms with E-state index in [1.54, 1.807) is 6.07 Å². The Hall–Kier alpha value is -1.70. The maximum Gasteiger partial charge on any atom is 0.489 e. The van der Waals surface area contributed by atoms with E-state index in [4.69, 9.17) is 10.8 Å². The second kappa shape index (κ2) is 5.77. The molecule has 96 valence electrons. The van der Waals surface area contributed by atoms with Crippen molar-refractivity contribution < 1.29 is 24.7 Å². The topological polar surface area (TPSA) is 121 Å². The van der Waals surface area contributed by atoms with Crippen LogP contribution in [0.5, 0.6) is 0 Å². The molecule has 0 aliphatic rings. The summed E-state index contributed by atoms with van der Waals surface area (Å²) in [6, 6.07) is 3.29. The Kier molecular flexibility index (Phi) is 4.60. The molecule has 0 aliphatic carbocycles. The van der Waals surface area contributed by atoms with Crippen LogP contribution in [0.1, 0.15) is 22.8 Å². The molecule has 0 aliphatic heterocycles. The van der Waals surface area contributed by atoms with Crippen molar-refractivity contribution >= 4 is 24.3 Å². The van der Waals surface area contributed by atoms with Gasteiger partial charge in [-0.25, -0.2) is 0 Å². The van der Waals surface area contributed by atoms with Crippen LogP contribution in [0.3, 0.4) is 0 Å². The highest BCUT2D eigenvalue weighted by Gasteiger charge is 2.20. The van der Waals surface area contributed by atoms with Gasteiger partial charge in [-0.2, -0.15) is 0 Å². The van der Waals surface area contributed by atoms with Crippen LogP contribution in [-0.4, -0.2) is 40.1 Å². The lowest BCUT2D eigenvalue weighted by Gasteiger charge is -2.11. The number of rotatable bonds is 5. The maximum absolute atomic E-state index is 11.3. The Morgan fingerprint density at radius 3 is 2.44 bits per heavy atom. The Morgan fingerprint density at radius 1 is 1.39 bits per heavy atom. The van der Waals surface area contributed by atoms with Crippen molar-refractivity contribution in [3.05, 3.63) is 29.3 Å². The second-order valence-electron chi connectivity index (χ2n) is 4.00. The highest BCUT2D eigenvalue weighted by atomic mass is 16.4. The van der Waals surface area contributed by atoms with E-state index in [0.717, 1.165) is 0 Å². The minimum absolute atomic E-state index is 0.0488. The second-order valence-corrected chi connectivity index (χ2v) is 4.00. The largest absolute Gasteiger partial charge is 0.489 e. The summed E-state index contributed by atoms with van der Waals surface area (Å²) in [5.41, 5.74) is 6.15. The quantitative estimate of drug-likeness (QED) is 0.374. The van der Waals surface area contributed by atoms with Gasteiger partial charge >= 0.3 is 13.1 Å². The first-order valence-electron chi connectivity index (χ1n) is 5.31. The minimum Gasteiger partial charge on any atom is -0.480 e. The van der Waals surface area contributed by atoms with Gasteiger partial charge < -0.3 is 20.9 Å². The van der Waals surface area contributed by atoms with Crippen molar-refractivity contribution in [2.24, 2.45) is 5.73 Å². The van der Waals surface area contributed by atoms with Gasteiger partial charge in [-0.05, 0) is 24.4 Å². The predicted octanol–water partition coefficient (Wildman–Crippen LogP) is -1.48. The van der Waals surface area contributed by atoms with E-state index in [-0.39, 0.29) is 23.2 Å². The molecule has 0 saturated heterocycles. The molecule has 1 rings (SSSR count). The van der Waals surface area contributed by atoms with Crippen molar-refractivity contribution in [1.29, 1.82) is 0 Å². The summed E-state index contributed by atoms with van der Waals surface area (Å²) >= 11 is 0. The van der Waals surface area contributed by atoms with E-state index in [1.807, 2.05) is 0 Å². The molecule has 7 heteroatoms. The average Bonchev–Trinajstić information content (AvgIpc) is 2.28. The lowest BCUT2D eigenvalue weighted by molar-refractivity contribution is -0.138. The number of aliphatic carboxylic acids is 1. The number of nitrogens with two attached hydrogens (primary N) is 1. The molecular formula is C11H14BNO5. The van der Waals surface area contributed by atoms with Gasteiger partial charge in [-0.3, -0.25) is 9.59 Å². The molecule has 1 aromatic rings.